The largest absolute Gasteiger partial charge is 0.399 e. The van der Waals surface area contributed by atoms with Crippen molar-refractivity contribution in [2.24, 2.45) is 0 Å². The third-order valence-electron chi connectivity index (χ3n) is 1.85. The number of hydrogen-bond acceptors (Lipinski definition) is 2. The summed E-state index contributed by atoms with van der Waals surface area (Å²) in [5, 5.41) is 0. The Morgan fingerprint density at radius 2 is 1.71 bits per heavy atom. The first-order chi connectivity index (χ1) is 6.38. The minimum Gasteiger partial charge on any atom is -0.399 e. The van der Waals surface area contributed by atoms with E-state index in [1.165, 1.54) is 0 Å². The molecule has 0 bridgehead atoms. The highest BCUT2D eigenvalue weighted by Gasteiger charge is 2.22. The predicted molar refractivity (Wildman–Crippen MR) is 64.7 cm³/mol. The van der Waals surface area contributed by atoms with Gasteiger partial charge in [0.05, 0.1) is 0 Å². The van der Waals surface area contributed by atoms with Crippen molar-refractivity contribution in [2.75, 3.05) is 31.9 Å². The summed E-state index contributed by atoms with van der Waals surface area (Å²) in [7, 11) is -1.03. The molecule has 0 fully saturated rings. The average molecular weight is 210 g/mol. The number of carbonyl (C=O) groups is 1. The van der Waals surface area contributed by atoms with Gasteiger partial charge in [0.2, 0.25) is 0 Å². The second kappa shape index (κ2) is 4.10. The summed E-state index contributed by atoms with van der Waals surface area (Å²) >= 11 is 0. The van der Waals surface area contributed by atoms with Gasteiger partial charge in [0.1, 0.15) is 6.16 Å². The van der Waals surface area contributed by atoms with Crippen LogP contribution in [0.2, 0.25) is 0 Å². The molecular weight excluding hydrogens is 193 g/mol. The van der Waals surface area contributed by atoms with Crippen LogP contribution in [0.25, 0.3) is 0 Å². The molecule has 3 heteroatoms. The number of anilines is 1. The Kier molecular flexibility index (Phi) is 3.28. The van der Waals surface area contributed by atoms with Crippen LogP contribution < -0.4 is 5.73 Å². The van der Waals surface area contributed by atoms with E-state index in [0.717, 1.165) is 5.56 Å². The second-order valence-electron chi connectivity index (χ2n) is 4.49. The van der Waals surface area contributed by atoms with Crippen LogP contribution in [0, 0.1) is 0 Å². The van der Waals surface area contributed by atoms with Crippen LogP contribution in [0.1, 0.15) is 10.4 Å². The number of Topliss-reactive ketones (excluding diaryl/α,β-unsaturated/α-hetero) is 1. The van der Waals surface area contributed by atoms with Gasteiger partial charge in [0, 0.05) is 38.5 Å². The average Bonchev–Trinajstić information content (AvgIpc) is 2.02. The molecule has 0 unspecified atom stereocenters. The molecule has 0 saturated carbocycles. The quantitative estimate of drug-likeness (QED) is 0.473. The van der Waals surface area contributed by atoms with Crippen LogP contribution in [0.15, 0.2) is 24.3 Å². The van der Waals surface area contributed by atoms with Crippen LogP contribution in [0.3, 0.4) is 0 Å². The van der Waals surface area contributed by atoms with Gasteiger partial charge in [0.15, 0.2) is 5.78 Å². The number of hydrogen-bond donors (Lipinski definition) is 1. The number of benzene rings is 1. The van der Waals surface area contributed by atoms with Gasteiger partial charge in [-0.2, -0.15) is 0 Å². The molecule has 0 aromatic heterocycles. The molecule has 0 amide bonds. The zero-order valence-electron chi connectivity index (χ0n) is 8.95. The lowest BCUT2D eigenvalue weighted by atomic mass is 10.1. The van der Waals surface area contributed by atoms with E-state index in [-0.39, 0.29) is 5.78 Å². The summed E-state index contributed by atoms with van der Waals surface area (Å²) in [6, 6.07) is 7.14. The monoisotopic (exact) mass is 210 g/mol. The van der Waals surface area contributed by atoms with Gasteiger partial charge >= 0.3 is 0 Å². The topological polar surface area (TPSA) is 43.1 Å². The maximum absolute atomic E-state index is 11.8. The lowest BCUT2D eigenvalue weighted by Gasteiger charge is -2.10. The number of rotatable bonds is 3. The van der Waals surface area contributed by atoms with E-state index >= 15 is 0 Å². The normalized spacial score (nSPS) is 11.4. The molecular formula is C11H17NOP+. The van der Waals surface area contributed by atoms with Gasteiger partial charge in [-0.25, -0.2) is 0 Å². The van der Waals surface area contributed by atoms with Crippen molar-refractivity contribution in [1.82, 2.24) is 0 Å². The molecule has 0 atom stereocenters. The molecule has 76 valence electrons. The highest BCUT2D eigenvalue weighted by atomic mass is 31.2. The fraction of sp³-hybridized carbons (Fsp3) is 0.364. The highest BCUT2D eigenvalue weighted by molar-refractivity contribution is 7.74. The van der Waals surface area contributed by atoms with Crippen molar-refractivity contribution in [3.8, 4) is 0 Å². The van der Waals surface area contributed by atoms with Crippen LogP contribution in [-0.2, 0) is 0 Å². The maximum Gasteiger partial charge on any atom is 0.199 e. The molecule has 0 aliphatic rings. The fourth-order valence-electron chi connectivity index (χ4n) is 1.19. The van der Waals surface area contributed by atoms with Gasteiger partial charge in [-0.3, -0.25) is 4.79 Å². The van der Waals surface area contributed by atoms with Gasteiger partial charge in [-0.05, 0) is 24.3 Å². The van der Waals surface area contributed by atoms with Crippen LogP contribution >= 0.6 is 7.26 Å². The van der Waals surface area contributed by atoms with Gasteiger partial charge in [0.25, 0.3) is 0 Å². The Hall–Kier alpha value is -0.880. The van der Waals surface area contributed by atoms with E-state index in [1.54, 1.807) is 24.3 Å². The Labute approximate surface area is 85.8 Å². The van der Waals surface area contributed by atoms with E-state index in [4.69, 9.17) is 5.73 Å². The van der Waals surface area contributed by atoms with Gasteiger partial charge < -0.3 is 5.73 Å². The van der Waals surface area contributed by atoms with E-state index in [1.807, 2.05) is 0 Å². The summed E-state index contributed by atoms with van der Waals surface area (Å²) in [5.74, 6) is 0.228. The van der Waals surface area contributed by atoms with Crippen LogP contribution in [0.4, 0.5) is 5.69 Å². The molecule has 0 spiro atoms. The minimum atomic E-state index is -1.03. The van der Waals surface area contributed by atoms with Crippen LogP contribution in [0.5, 0.6) is 0 Å². The molecule has 2 nitrogen and oxygen atoms in total. The zero-order chi connectivity index (χ0) is 10.8. The molecule has 0 heterocycles. The molecule has 0 radical (unpaired) electrons. The van der Waals surface area contributed by atoms with Crippen molar-refractivity contribution in [3.05, 3.63) is 29.8 Å². The molecule has 14 heavy (non-hydrogen) atoms. The molecule has 1 rings (SSSR count). The molecule has 1 aromatic carbocycles. The number of carbonyl (C=O) groups excluding carboxylic acids is 1. The summed E-state index contributed by atoms with van der Waals surface area (Å²) in [6.45, 7) is 6.51. The summed E-state index contributed by atoms with van der Waals surface area (Å²) in [6.07, 6.45) is 0.677. The van der Waals surface area contributed by atoms with Crippen molar-refractivity contribution in [1.29, 1.82) is 0 Å². The smallest absolute Gasteiger partial charge is 0.199 e. The maximum atomic E-state index is 11.8. The summed E-state index contributed by atoms with van der Waals surface area (Å²) in [5.41, 5.74) is 7.02. The number of nitrogen functional groups attached to an aromatic ring is 1. The van der Waals surface area contributed by atoms with Crippen molar-refractivity contribution in [2.45, 2.75) is 0 Å². The lowest BCUT2D eigenvalue weighted by Crippen LogP contribution is -2.08. The Morgan fingerprint density at radius 1 is 1.21 bits per heavy atom. The third-order valence-corrected chi connectivity index (χ3v) is 3.09. The fourth-order valence-corrected chi connectivity index (χ4v) is 2.24. The van der Waals surface area contributed by atoms with Crippen molar-refractivity contribution >= 4 is 18.7 Å². The molecule has 2 N–H and O–H groups in total. The molecule has 0 aliphatic heterocycles. The molecule has 0 saturated heterocycles. The highest BCUT2D eigenvalue weighted by Crippen LogP contribution is 2.46. The summed E-state index contributed by atoms with van der Waals surface area (Å²) < 4.78 is 0. The van der Waals surface area contributed by atoms with Crippen molar-refractivity contribution in [3.63, 3.8) is 0 Å². The number of nitrogens with two attached hydrogens (primary N) is 1. The first-order valence-corrected chi connectivity index (χ1v) is 7.89. The zero-order valence-corrected chi connectivity index (χ0v) is 9.84. The van der Waals surface area contributed by atoms with E-state index in [2.05, 4.69) is 20.0 Å². The lowest BCUT2D eigenvalue weighted by molar-refractivity contribution is 0.102. The van der Waals surface area contributed by atoms with Crippen LogP contribution in [-0.4, -0.2) is 31.9 Å². The van der Waals surface area contributed by atoms with E-state index in [9.17, 15) is 4.79 Å². The summed E-state index contributed by atoms with van der Waals surface area (Å²) in [4.78, 5) is 11.8. The standard InChI is InChI=1S/C11H16NOP/c1-14(2,3)8-11(13)9-4-6-10(12)7-5-9/h4-7H,8H2,1-3H3,(H-,12,13)/p+1. The SMILES string of the molecule is C[P+](C)(C)CC(=O)c1ccc(N)cc1. The molecule has 1 aromatic rings. The Morgan fingerprint density at radius 3 is 2.14 bits per heavy atom. The minimum absolute atomic E-state index is 0.228. The second-order valence-corrected chi connectivity index (χ2v) is 9.39. The first-order valence-electron chi connectivity index (χ1n) is 4.58. The van der Waals surface area contributed by atoms with E-state index in [0.29, 0.717) is 11.8 Å². The first kappa shape index (κ1) is 11.2. The van der Waals surface area contributed by atoms with Gasteiger partial charge in [-0.15, -0.1) is 0 Å². The van der Waals surface area contributed by atoms with E-state index < -0.39 is 7.26 Å². The van der Waals surface area contributed by atoms with Gasteiger partial charge in [-0.1, -0.05) is 0 Å². The molecule has 0 aliphatic carbocycles. The third kappa shape index (κ3) is 3.47. The Bertz CT molecular complexity index is 324. The van der Waals surface area contributed by atoms with Crippen molar-refractivity contribution < 1.29 is 4.79 Å². The predicted octanol–water partition coefficient (Wildman–Crippen LogP) is 2.36. The number of ketones is 1. The Balaban J connectivity index is 2.76.